The average molecular weight is 280 g/mol. The number of ether oxygens (including phenoxy) is 1. The predicted molar refractivity (Wildman–Crippen MR) is 64.4 cm³/mol. The van der Waals surface area contributed by atoms with Gasteiger partial charge < -0.3 is 9.84 Å². The molecule has 1 aromatic heterocycles. The minimum Gasteiger partial charge on any atom is -0.457 e. The molecule has 1 heterocycles. The first-order chi connectivity index (χ1) is 7.79. The molecule has 0 atom stereocenters. The number of rotatable bonds is 3. The second-order valence-corrected chi connectivity index (χ2v) is 4.12. The van der Waals surface area contributed by atoms with Gasteiger partial charge in [0, 0.05) is 22.4 Å². The summed E-state index contributed by atoms with van der Waals surface area (Å²) in [5, 5.41) is 9.12. The smallest absolute Gasteiger partial charge is 0.136 e. The lowest BCUT2D eigenvalue weighted by atomic mass is 10.2. The summed E-state index contributed by atoms with van der Waals surface area (Å²) in [5.41, 5.74) is 0.669. The molecule has 0 aliphatic heterocycles. The minimum atomic E-state index is -0.0861. The Hall–Kier alpha value is -1.39. The van der Waals surface area contributed by atoms with E-state index in [-0.39, 0.29) is 6.61 Å². The van der Waals surface area contributed by atoms with Gasteiger partial charge in [0.15, 0.2) is 0 Å². The van der Waals surface area contributed by atoms with Crippen molar-refractivity contribution in [3.63, 3.8) is 0 Å². The van der Waals surface area contributed by atoms with Crippen LogP contribution in [0.15, 0.2) is 47.2 Å². The second kappa shape index (κ2) is 5.09. The van der Waals surface area contributed by atoms with Gasteiger partial charge in [-0.2, -0.15) is 0 Å². The van der Waals surface area contributed by atoms with Crippen LogP contribution in [-0.4, -0.2) is 10.1 Å². The Morgan fingerprint density at radius 3 is 2.94 bits per heavy atom. The molecule has 2 rings (SSSR count). The number of nitrogens with zero attached hydrogens (tertiary/aromatic N) is 1. The highest BCUT2D eigenvalue weighted by molar-refractivity contribution is 9.10. The molecule has 0 unspecified atom stereocenters. The van der Waals surface area contributed by atoms with Crippen LogP contribution in [0.1, 0.15) is 5.56 Å². The number of hydrogen-bond donors (Lipinski definition) is 1. The van der Waals surface area contributed by atoms with Crippen LogP contribution < -0.4 is 4.74 Å². The third-order valence-corrected chi connectivity index (χ3v) is 2.55. The van der Waals surface area contributed by atoms with Gasteiger partial charge in [-0.25, -0.2) is 0 Å². The van der Waals surface area contributed by atoms with Crippen molar-refractivity contribution >= 4 is 15.9 Å². The molecular formula is C12H10BrNO2. The van der Waals surface area contributed by atoms with E-state index < -0.39 is 0 Å². The minimum absolute atomic E-state index is 0.0861. The standard InChI is InChI=1S/C12H10BrNO2/c13-10-2-1-3-11(6-10)16-12-4-5-14-7-9(12)8-15/h1-7,15H,8H2. The average Bonchev–Trinajstić information content (AvgIpc) is 2.30. The number of aliphatic hydroxyl groups excluding tert-OH is 1. The molecule has 1 N–H and O–H groups in total. The molecule has 16 heavy (non-hydrogen) atoms. The monoisotopic (exact) mass is 279 g/mol. The number of halogens is 1. The van der Waals surface area contributed by atoms with Crippen LogP contribution in [0.5, 0.6) is 11.5 Å². The molecule has 0 spiro atoms. The fraction of sp³-hybridized carbons (Fsp3) is 0.0833. The lowest BCUT2D eigenvalue weighted by molar-refractivity contribution is 0.276. The molecule has 0 aliphatic carbocycles. The fourth-order valence-electron chi connectivity index (χ4n) is 1.29. The Balaban J connectivity index is 2.26. The van der Waals surface area contributed by atoms with Gasteiger partial charge in [0.05, 0.1) is 6.61 Å². The van der Waals surface area contributed by atoms with Crippen LogP contribution >= 0.6 is 15.9 Å². The largest absolute Gasteiger partial charge is 0.457 e. The predicted octanol–water partition coefficient (Wildman–Crippen LogP) is 3.13. The summed E-state index contributed by atoms with van der Waals surface area (Å²) < 4.78 is 6.60. The Kier molecular flexibility index (Phi) is 3.54. The van der Waals surface area contributed by atoms with Gasteiger partial charge in [-0.3, -0.25) is 4.98 Å². The molecule has 0 saturated carbocycles. The maximum absolute atomic E-state index is 9.12. The van der Waals surface area contributed by atoms with E-state index in [0.717, 1.165) is 10.2 Å². The molecule has 0 fully saturated rings. The van der Waals surface area contributed by atoms with E-state index in [9.17, 15) is 0 Å². The first-order valence-corrected chi connectivity index (χ1v) is 5.56. The first kappa shape index (κ1) is 11.1. The quantitative estimate of drug-likeness (QED) is 0.939. The highest BCUT2D eigenvalue weighted by Crippen LogP contribution is 2.26. The van der Waals surface area contributed by atoms with Gasteiger partial charge in [0.25, 0.3) is 0 Å². The zero-order chi connectivity index (χ0) is 11.4. The molecular weight excluding hydrogens is 270 g/mol. The van der Waals surface area contributed by atoms with Crippen molar-refractivity contribution in [2.45, 2.75) is 6.61 Å². The van der Waals surface area contributed by atoms with Crippen LogP contribution in [0.25, 0.3) is 0 Å². The lowest BCUT2D eigenvalue weighted by Gasteiger charge is -2.08. The van der Waals surface area contributed by atoms with Gasteiger partial charge in [-0.15, -0.1) is 0 Å². The number of hydrogen-bond acceptors (Lipinski definition) is 3. The number of pyridine rings is 1. The molecule has 0 saturated heterocycles. The Morgan fingerprint density at radius 1 is 1.31 bits per heavy atom. The topological polar surface area (TPSA) is 42.4 Å². The fourth-order valence-corrected chi connectivity index (χ4v) is 1.67. The van der Waals surface area contributed by atoms with Gasteiger partial charge >= 0.3 is 0 Å². The molecule has 4 heteroatoms. The van der Waals surface area contributed by atoms with Crippen LogP contribution in [-0.2, 0) is 6.61 Å². The van der Waals surface area contributed by atoms with E-state index in [4.69, 9.17) is 9.84 Å². The summed E-state index contributed by atoms with van der Waals surface area (Å²) in [6.07, 6.45) is 3.22. The van der Waals surface area contributed by atoms with Crippen molar-refractivity contribution in [2.75, 3.05) is 0 Å². The maximum Gasteiger partial charge on any atom is 0.136 e. The van der Waals surface area contributed by atoms with Crippen LogP contribution in [0.3, 0.4) is 0 Å². The summed E-state index contributed by atoms with van der Waals surface area (Å²) >= 11 is 3.37. The Bertz CT molecular complexity index is 488. The van der Waals surface area contributed by atoms with E-state index in [1.165, 1.54) is 0 Å². The van der Waals surface area contributed by atoms with Gasteiger partial charge in [0.2, 0.25) is 0 Å². The van der Waals surface area contributed by atoms with E-state index in [1.807, 2.05) is 24.3 Å². The van der Waals surface area contributed by atoms with Crippen LogP contribution in [0, 0.1) is 0 Å². The van der Waals surface area contributed by atoms with Crippen molar-refractivity contribution in [2.24, 2.45) is 0 Å². The van der Waals surface area contributed by atoms with E-state index in [0.29, 0.717) is 11.3 Å². The molecule has 3 nitrogen and oxygen atoms in total. The van der Waals surface area contributed by atoms with Gasteiger partial charge in [-0.05, 0) is 24.3 Å². The SMILES string of the molecule is OCc1cnccc1Oc1cccc(Br)c1. The number of benzene rings is 1. The van der Waals surface area contributed by atoms with Crippen molar-refractivity contribution in [3.8, 4) is 11.5 Å². The third-order valence-electron chi connectivity index (χ3n) is 2.05. The molecule has 0 amide bonds. The zero-order valence-corrected chi connectivity index (χ0v) is 10.0. The number of aromatic nitrogens is 1. The Labute approximate surface area is 102 Å². The van der Waals surface area contributed by atoms with E-state index in [2.05, 4.69) is 20.9 Å². The second-order valence-electron chi connectivity index (χ2n) is 3.20. The zero-order valence-electron chi connectivity index (χ0n) is 8.43. The maximum atomic E-state index is 9.12. The summed E-state index contributed by atoms with van der Waals surface area (Å²) in [5.74, 6) is 1.34. The van der Waals surface area contributed by atoms with Crippen molar-refractivity contribution < 1.29 is 9.84 Å². The van der Waals surface area contributed by atoms with Crippen LogP contribution in [0.4, 0.5) is 0 Å². The molecule has 0 bridgehead atoms. The molecule has 82 valence electrons. The summed E-state index contributed by atoms with van der Waals surface area (Å²) in [6.45, 7) is -0.0861. The Morgan fingerprint density at radius 2 is 2.19 bits per heavy atom. The van der Waals surface area contributed by atoms with Crippen molar-refractivity contribution in [1.82, 2.24) is 4.98 Å². The molecule has 2 aromatic rings. The van der Waals surface area contributed by atoms with Crippen molar-refractivity contribution in [1.29, 1.82) is 0 Å². The first-order valence-electron chi connectivity index (χ1n) is 4.77. The third kappa shape index (κ3) is 2.59. The summed E-state index contributed by atoms with van der Waals surface area (Å²) in [7, 11) is 0. The normalized spacial score (nSPS) is 10.1. The summed E-state index contributed by atoms with van der Waals surface area (Å²) in [6, 6.07) is 9.26. The van der Waals surface area contributed by atoms with Gasteiger partial charge in [0.1, 0.15) is 11.5 Å². The highest BCUT2D eigenvalue weighted by Gasteiger charge is 2.03. The molecule has 1 aromatic carbocycles. The van der Waals surface area contributed by atoms with Gasteiger partial charge in [-0.1, -0.05) is 22.0 Å². The van der Waals surface area contributed by atoms with E-state index >= 15 is 0 Å². The van der Waals surface area contributed by atoms with E-state index in [1.54, 1.807) is 18.5 Å². The molecule has 0 radical (unpaired) electrons. The molecule has 0 aliphatic rings. The lowest BCUT2D eigenvalue weighted by Crippen LogP contribution is -1.92. The summed E-state index contributed by atoms with van der Waals surface area (Å²) in [4.78, 5) is 3.93. The van der Waals surface area contributed by atoms with Crippen molar-refractivity contribution in [3.05, 3.63) is 52.8 Å². The van der Waals surface area contributed by atoms with Crippen LogP contribution in [0.2, 0.25) is 0 Å². The number of aliphatic hydroxyl groups is 1. The highest BCUT2D eigenvalue weighted by atomic mass is 79.9.